The Balaban J connectivity index is 3.73. The van der Waals surface area contributed by atoms with Crippen LogP contribution in [0.15, 0.2) is 0 Å². The Morgan fingerprint density at radius 2 is 2.36 bits per heavy atom. The zero-order chi connectivity index (χ0) is 8.85. The van der Waals surface area contributed by atoms with Gasteiger partial charge in [0.2, 0.25) is 5.91 Å². The van der Waals surface area contributed by atoms with Crippen molar-refractivity contribution >= 4 is 22.8 Å². The van der Waals surface area contributed by atoms with Crippen LogP contribution in [0, 0.1) is 5.41 Å². The molecule has 1 atom stereocenters. The lowest BCUT2D eigenvalue weighted by Crippen LogP contribution is -2.32. The van der Waals surface area contributed by atoms with Crippen molar-refractivity contribution in [3.63, 3.8) is 0 Å². The molecule has 64 valence electrons. The van der Waals surface area contributed by atoms with Crippen LogP contribution in [0.4, 0.5) is 0 Å². The van der Waals surface area contributed by atoms with Gasteiger partial charge in [-0.2, -0.15) is 0 Å². The number of nitrogens with one attached hydrogen (secondary N) is 2. The van der Waals surface area contributed by atoms with Crippen LogP contribution in [0.25, 0.3) is 0 Å². The predicted octanol–water partition coefficient (Wildman–Crippen LogP) is 0.138. The molecule has 0 saturated carbocycles. The maximum absolute atomic E-state index is 11.0. The molecule has 0 aromatic heterocycles. The molecule has 5 heteroatoms. The van der Waals surface area contributed by atoms with E-state index in [0.29, 0.717) is 6.54 Å². The van der Waals surface area contributed by atoms with Crippen molar-refractivity contribution in [3.8, 4) is 0 Å². The lowest BCUT2D eigenvalue weighted by Gasteiger charge is -2.08. The zero-order valence-electron chi connectivity index (χ0n) is 6.68. The molecule has 0 aliphatic heterocycles. The van der Waals surface area contributed by atoms with Crippen molar-refractivity contribution in [2.45, 2.75) is 19.1 Å². The molecule has 11 heavy (non-hydrogen) atoms. The Kier molecular flexibility index (Phi) is 4.69. The summed E-state index contributed by atoms with van der Waals surface area (Å²) in [6.07, 6.45) is 0. The molecule has 0 bridgehead atoms. The lowest BCUT2D eigenvalue weighted by atomic mass is 10.4. The van der Waals surface area contributed by atoms with Gasteiger partial charge in [-0.1, -0.05) is 11.8 Å². The highest BCUT2D eigenvalue weighted by Gasteiger charge is 2.12. The second-order valence-corrected chi connectivity index (χ2v) is 3.40. The fourth-order valence-corrected chi connectivity index (χ4v) is 1.13. The Bertz CT molecular complexity index is 160. The molecule has 1 unspecified atom stereocenters. The van der Waals surface area contributed by atoms with Crippen molar-refractivity contribution in [1.29, 1.82) is 5.41 Å². The average molecular weight is 175 g/mol. The van der Waals surface area contributed by atoms with Crippen molar-refractivity contribution in [2.75, 3.05) is 6.54 Å². The fourth-order valence-electron chi connectivity index (χ4n) is 0.562. The van der Waals surface area contributed by atoms with Gasteiger partial charge in [-0.3, -0.25) is 10.2 Å². The van der Waals surface area contributed by atoms with E-state index in [9.17, 15) is 4.79 Å². The average Bonchev–Trinajstić information content (AvgIpc) is 1.86. The van der Waals surface area contributed by atoms with Crippen LogP contribution in [-0.4, -0.2) is 22.9 Å². The summed E-state index contributed by atoms with van der Waals surface area (Å²) in [5, 5.41) is 9.25. The molecule has 0 rings (SSSR count). The third-order valence-electron chi connectivity index (χ3n) is 1.02. The van der Waals surface area contributed by atoms with Gasteiger partial charge in [0.15, 0.2) is 5.17 Å². The summed E-state index contributed by atoms with van der Waals surface area (Å²) in [5.74, 6) is -0.0762. The van der Waals surface area contributed by atoms with E-state index in [4.69, 9.17) is 11.1 Å². The summed E-state index contributed by atoms with van der Waals surface area (Å²) in [6.45, 7) is 4.18. The molecular weight excluding hydrogens is 162 g/mol. The Hall–Kier alpha value is -0.710. The maximum Gasteiger partial charge on any atom is 0.233 e. The van der Waals surface area contributed by atoms with E-state index in [1.165, 1.54) is 0 Å². The van der Waals surface area contributed by atoms with E-state index in [-0.39, 0.29) is 16.3 Å². The minimum absolute atomic E-state index is 0.0243. The third kappa shape index (κ3) is 4.66. The molecule has 0 aliphatic rings. The SMILES string of the molecule is CCNC(=O)C(C)SC(=N)N. The van der Waals surface area contributed by atoms with Gasteiger partial charge in [0.1, 0.15) is 0 Å². The molecule has 0 aliphatic carbocycles. The van der Waals surface area contributed by atoms with Crippen LogP contribution < -0.4 is 11.1 Å². The molecule has 4 N–H and O–H groups in total. The zero-order valence-corrected chi connectivity index (χ0v) is 7.49. The van der Waals surface area contributed by atoms with Gasteiger partial charge in [-0.05, 0) is 13.8 Å². The molecule has 0 fully saturated rings. The van der Waals surface area contributed by atoms with E-state index >= 15 is 0 Å². The predicted molar refractivity (Wildman–Crippen MR) is 47.7 cm³/mol. The summed E-state index contributed by atoms with van der Waals surface area (Å²) in [4.78, 5) is 11.0. The van der Waals surface area contributed by atoms with E-state index in [1.807, 2.05) is 6.92 Å². The summed E-state index contributed by atoms with van der Waals surface area (Å²) in [5.41, 5.74) is 5.09. The van der Waals surface area contributed by atoms with Gasteiger partial charge in [-0.25, -0.2) is 0 Å². The highest BCUT2D eigenvalue weighted by Crippen LogP contribution is 2.08. The van der Waals surface area contributed by atoms with E-state index in [0.717, 1.165) is 11.8 Å². The standard InChI is InChI=1S/C6H13N3OS/c1-3-9-5(10)4(2)11-6(7)8/h4H,3H2,1-2H3,(H3,7,8)(H,9,10). The van der Waals surface area contributed by atoms with Gasteiger partial charge >= 0.3 is 0 Å². The van der Waals surface area contributed by atoms with Crippen molar-refractivity contribution < 1.29 is 4.79 Å². The molecular formula is C6H13N3OS. The number of amidine groups is 1. The Labute approximate surface area is 70.4 Å². The van der Waals surface area contributed by atoms with Gasteiger partial charge < -0.3 is 11.1 Å². The number of rotatable bonds is 3. The van der Waals surface area contributed by atoms with Crippen LogP contribution in [0.5, 0.6) is 0 Å². The molecule has 0 radical (unpaired) electrons. The topological polar surface area (TPSA) is 79.0 Å². The van der Waals surface area contributed by atoms with Gasteiger partial charge in [0.25, 0.3) is 0 Å². The highest BCUT2D eigenvalue weighted by atomic mass is 32.2. The second kappa shape index (κ2) is 5.01. The number of amides is 1. The van der Waals surface area contributed by atoms with E-state index in [1.54, 1.807) is 6.92 Å². The molecule has 0 aromatic rings. The number of carbonyl (C=O) groups is 1. The van der Waals surface area contributed by atoms with Gasteiger partial charge in [-0.15, -0.1) is 0 Å². The van der Waals surface area contributed by atoms with Crippen LogP contribution in [-0.2, 0) is 4.79 Å². The molecule has 4 nitrogen and oxygen atoms in total. The lowest BCUT2D eigenvalue weighted by molar-refractivity contribution is -0.120. The first-order chi connectivity index (χ1) is 5.07. The van der Waals surface area contributed by atoms with Crippen LogP contribution in [0.3, 0.4) is 0 Å². The Morgan fingerprint density at radius 1 is 1.82 bits per heavy atom. The molecule has 0 spiro atoms. The first-order valence-corrected chi connectivity index (χ1v) is 4.24. The number of thioether (sulfide) groups is 1. The summed E-state index contributed by atoms with van der Waals surface area (Å²) < 4.78 is 0. The van der Waals surface area contributed by atoms with Crippen LogP contribution >= 0.6 is 11.8 Å². The molecule has 0 saturated heterocycles. The number of nitrogens with two attached hydrogens (primary N) is 1. The monoisotopic (exact) mass is 175 g/mol. The first-order valence-electron chi connectivity index (χ1n) is 3.36. The fraction of sp³-hybridized carbons (Fsp3) is 0.667. The van der Waals surface area contributed by atoms with Gasteiger partial charge in [0, 0.05) is 6.54 Å². The van der Waals surface area contributed by atoms with Crippen molar-refractivity contribution in [2.24, 2.45) is 5.73 Å². The molecule has 1 amide bonds. The third-order valence-corrected chi connectivity index (χ3v) is 1.85. The number of carbonyl (C=O) groups excluding carboxylic acids is 1. The van der Waals surface area contributed by atoms with Gasteiger partial charge in [0.05, 0.1) is 5.25 Å². The minimum atomic E-state index is -0.271. The largest absolute Gasteiger partial charge is 0.379 e. The van der Waals surface area contributed by atoms with Crippen LogP contribution in [0.1, 0.15) is 13.8 Å². The molecule has 0 heterocycles. The van der Waals surface area contributed by atoms with Crippen molar-refractivity contribution in [3.05, 3.63) is 0 Å². The minimum Gasteiger partial charge on any atom is -0.379 e. The summed E-state index contributed by atoms with van der Waals surface area (Å²) in [7, 11) is 0. The normalized spacial score (nSPS) is 12.2. The second-order valence-electron chi connectivity index (χ2n) is 2.02. The smallest absolute Gasteiger partial charge is 0.233 e. The first kappa shape index (κ1) is 10.3. The quantitative estimate of drug-likeness (QED) is 0.421. The number of hydrogen-bond donors (Lipinski definition) is 3. The summed E-state index contributed by atoms with van der Waals surface area (Å²) in [6, 6.07) is 0. The molecule has 0 aromatic carbocycles. The number of hydrogen-bond acceptors (Lipinski definition) is 3. The van der Waals surface area contributed by atoms with E-state index in [2.05, 4.69) is 5.32 Å². The van der Waals surface area contributed by atoms with Crippen molar-refractivity contribution in [1.82, 2.24) is 5.32 Å². The van der Waals surface area contributed by atoms with Crippen LogP contribution in [0.2, 0.25) is 0 Å². The maximum atomic E-state index is 11.0. The summed E-state index contributed by atoms with van der Waals surface area (Å²) >= 11 is 1.05. The van der Waals surface area contributed by atoms with E-state index < -0.39 is 0 Å². The Morgan fingerprint density at radius 3 is 2.73 bits per heavy atom. The highest BCUT2D eigenvalue weighted by molar-refractivity contribution is 8.14.